The molecule has 26 heavy (non-hydrogen) atoms. The second kappa shape index (κ2) is 6.68. The van der Waals surface area contributed by atoms with E-state index < -0.39 is 0 Å². The molecule has 0 aliphatic carbocycles. The van der Waals surface area contributed by atoms with E-state index in [-0.39, 0.29) is 17.4 Å². The highest BCUT2D eigenvalue weighted by atomic mass is 16.5. The molecule has 0 bridgehead atoms. The van der Waals surface area contributed by atoms with Crippen LogP contribution < -0.4 is 0 Å². The van der Waals surface area contributed by atoms with Crippen molar-refractivity contribution in [1.82, 2.24) is 25.0 Å². The van der Waals surface area contributed by atoms with Gasteiger partial charge in [0.2, 0.25) is 11.8 Å². The molecule has 2 amide bonds. The number of amides is 2. The summed E-state index contributed by atoms with van der Waals surface area (Å²) in [7, 11) is 3.56. The zero-order valence-electron chi connectivity index (χ0n) is 15.1. The number of likely N-dealkylation sites (tertiary alicyclic amines) is 1. The summed E-state index contributed by atoms with van der Waals surface area (Å²) in [4.78, 5) is 20.1. The van der Waals surface area contributed by atoms with Crippen molar-refractivity contribution in [2.75, 3.05) is 40.4 Å². The zero-order valence-corrected chi connectivity index (χ0v) is 15.1. The van der Waals surface area contributed by atoms with E-state index in [9.17, 15) is 4.79 Å². The first-order chi connectivity index (χ1) is 12.6. The van der Waals surface area contributed by atoms with Gasteiger partial charge in [-0.3, -0.25) is 4.98 Å². The molecular weight excluding hydrogens is 334 g/mol. The molecule has 4 rings (SSSR count). The van der Waals surface area contributed by atoms with E-state index in [4.69, 9.17) is 9.15 Å². The van der Waals surface area contributed by atoms with Crippen molar-refractivity contribution >= 4 is 6.03 Å². The number of hydrogen-bond acceptors (Lipinski definition) is 6. The maximum Gasteiger partial charge on any atom is 0.319 e. The number of ether oxygens (including phenoxy) is 1. The summed E-state index contributed by atoms with van der Waals surface area (Å²) in [5.41, 5.74) is 0.783. The van der Waals surface area contributed by atoms with Gasteiger partial charge < -0.3 is 19.0 Å². The largest absolute Gasteiger partial charge is 0.420 e. The van der Waals surface area contributed by atoms with Crippen LogP contribution in [0, 0.1) is 5.41 Å². The summed E-state index contributed by atoms with van der Waals surface area (Å²) < 4.78 is 11.6. The molecule has 0 saturated carbocycles. The van der Waals surface area contributed by atoms with E-state index in [2.05, 4.69) is 15.2 Å². The Hall–Kier alpha value is -2.48. The summed E-state index contributed by atoms with van der Waals surface area (Å²) >= 11 is 0. The highest BCUT2D eigenvalue weighted by Crippen LogP contribution is 2.49. The molecule has 1 unspecified atom stereocenters. The highest BCUT2D eigenvalue weighted by molar-refractivity contribution is 5.74. The van der Waals surface area contributed by atoms with E-state index in [0.29, 0.717) is 38.1 Å². The molecule has 0 aromatic carbocycles. The average Bonchev–Trinajstić information content (AvgIpc) is 3.28. The van der Waals surface area contributed by atoms with E-state index in [1.807, 2.05) is 17.0 Å². The molecule has 8 heteroatoms. The van der Waals surface area contributed by atoms with Crippen molar-refractivity contribution in [3.8, 4) is 11.5 Å². The molecular formula is C18H23N5O3. The average molecular weight is 357 g/mol. The number of carbonyl (C=O) groups excluding carboxylic acids is 1. The lowest BCUT2D eigenvalue weighted by Crippen LogP contribution is -2.40. The minimum absolute atomic E-state index is 0.0206. The van der Waals surface area contributed by atoms with Crippen LogP contribution in [0.15, 0.2) is 28.9 Å². The number of carbonyl (C=O) groups is 1. The van der Waals surface area contributed by atoms with Crippen LogP contribution in [0.3, 0.4) is 0 Å². The van der Waals surface area contributed by atoms with Crippen molar-refractivity contribution in [3.05, 3.63) is 30.4 Å². The lowest BCUT2D eigenvalue weighted by atomic mass is 9.72. The number of nitrogens with zero attached hydrogens (tertiary/aromatic N) is 5. The van der Waals surface area contributed by atoms with Crippen LogP contribution in [0.25, 0.3) is 11.5 Å². The van der Waals surface area contributed by atoms with Crippen LogP contribution in [0.2, 0.25) is 0 Å². The van der Waals surface area contributed by atoms with Crippen LogP contribution in [0.4, 0.5) is 4.79 Å². The quantitative estimate of drug-likeness (QED) is 0.817. The van der Waals surface area contributed by atoms with Gasteiger partial charge in [0.05, 0.1) is 5.92 Å². The van der Waals surface area contributed by atoms with Gasteiger partial charge in [-0.2, -0.15) is 0 Å². The highest BCUT2D eigenvalue weighted by Gasteiger charge is 2.51. The second-order valence-corrected chi connectivity index (χ2v) is 7.27. The predicted octanol–water partition coefficient (Wildman–Crippen LogP) is 2.01. The lowest BCUT2D eigenvalue weighted by molar-refractivity contribution is 0.00986. The van der Waals surface area contributed by atoms with Crippen LogP contribution in [-0.2, 0) is 4.74 Å². The number of hydrogen-bond donors (Lipinski definition) is 0. The minimum Gasteiger partial charge on any atom is -0.420 e. The normalized spacial score (nSPS) is 21.9. The van der Waals surface area contributed by atoms with Gasteiger partial charge in [-0.25, -0.2) is 4.79 Å². The Morgan fingerprint density at radius 1 is 1.23 bits per heavy atom. The van der Waals surface area contributed by atoms with Crippen molar-refractivity contribution in [2.45, 2.75) is 18.8 Å². The van der Waals surface area contributed by atoms with E-state index >= 15 is 0 Å². The lowest BCUT2D eigenvalue weighted by Gasteiger charge is -2.36. The molecule has 0 radical (unpaired) electrons. The summed E-state index contributed by atoms with van der Waals surface area (Å²) in [5, 5.41) is 8.56. The van der Waals surface area contributed by atoms with Gasteiger partial charge in [-0.15, -0.1) is 10.2 Å². The van der Waals surface area contributed by atoms with Gasteiger partial charge in [-0.1, -0.05) is 0 Å². The molecule has 1 atom stereocenters. The van der Waals surface area contributed by atoms with Gasteiger partial charge in [0.1, 0.15) is 0 Å². The number of urea groups is 1. The Morgan fingerprint density at radius 2 is 1.96 bits per heavy atom. The van der Waals surface area contributed by atoms with Gasteiger partial charge in [0.25, 0.3) is 0 Å². The molecule has 1 spiro atoms. The van der Waals surface area contributed by atoms with E-state index in [0.717, 1.165) is 18.4 Å². The van der Waals surface area contributed by atoms with Crippen molar-refractivity contribution < 1.29 is 13.9 Å². The maximum absolute atomic E-state index is 12.5. The zero-order chi connectivity index (χ0) is 18.1. The molecule has 2 aromatic rings. The first-order valence-electron chi connectivity index (χ1n) is 8.87. The first-order valence-corrected chi connectivity index (χ1v) is 8.87. The molecule has 2 fully saturated rings. The number of aromatic nitrogens is 3. The van der Waals surface area contributed by atoms with Crippen LogP contribution in [0.5, 0.6) is 0 Å². The third kappa shape index (κ3) is 2.94. The van der Waals surface area contributed by atoms with Crippen LogP contribution in [0.1, 0.15) is 24.7 Å². The fourth-order valence-corrected chi connectivity index (χ4v) is 4.01. The predicted molar refractivity (Wildman–Crippen MR) is 93.4 cm³/mol. The first kappa shape index (κ1) is 17.0. The summed E-state index contributed by atoms with van der Waals surface area (Å²) in [6, 6.07) is 3.71. The Kier molecular flexibility index (Phi) is 4.36. The van der Waals surface area contributed by atoms with Crippen LogP contribution in [-0.4, -0.2) is 71.4 Å². The topological polar surface area (TPSA) is 84.6 Å². The second-order valence-electron chi connectivity index (χ2n) is 7.27. The third-order valence-corrected chi connectivity index (χ3v) is 5.46. The van der Waals surface area contributed by atoms with Crippen molar-refractivity contribution in [2.24, 2.45) is 5.41 Å². The molecule has 8 nitrogen and oxygen atoms in total. The number of pyridine rings is 1. The summed E-state index contributed by atoms with van der Waals surface area (Å²) in [6.07, 6.45) is 5.18. The standard InChI is InChI=1S/C18H23N5O3/c1-22(2)17(24)23-11-14(18(12-23)5-9-25-10-6-18)16-21-20-15(26-16)13-3-7-19-8-4-13/h3-4,7-8,14H,5-6,9-12H2,1-2H3. The van der Waals surface area contributed by atoms with E-state index in [1.165, 1.54) is 0 Å². The van der Waals surface area contributed by atoms with Gasteiger partial charge in [-0.05, 0) is 25.0 Å². The van der Waals surface area contributed by atoms with Crippen LogP contribution >= 0.6 is 0 Å². The molecule has 2 aliphatic heterocycles. The Labute approximate surface area is 152 Å². The summed E-state index contributed by atoms with van der Waals surface area (Å²) in [5.74, 6) is 1.12. The molecule has 2 aromatic heterocycles. The Balaban J connectivity index is 1.64. The van der Waals surface area contributed by atoms with Crippen molar-refractivity contribution in [3.63, 3.8) is 0 Å². The maximum atomic E-state index is 12.5. The van der Waals surface area contributed by atoms with Crippen molar-refractivity contribution in [1.29, 1.82) is 0 Å². The smallest absolute Gasteiger partial charge is 0.319 e. The third-order valence-electron chi connectivity index (χ3n) is 5.46. The van der Waals surface area contributed by atoms with Gasteiger partial charge in [0, 0.05) is 63.8 Å². The van der Waals surface area contributed by atoms with Gasteiger partial charge >= 0.3 is 6.03 Å². The number of rotatable bonds is 2. The molecule has 2 aliphatic rings. The molecule has 2 saturated heterocycles. The fourth-order valence-electron chi connectivity index (χ4n) is 4.01. The SMILES string of the molecule is CN(C)C(=O)N1CC(c2nnc(-c3ccncc3)o2)C2(CCOCC2)C1. The molecule has 138 valence electrons. The fraction of sp³-hybridized carbons (Fsp3) is 0.556. The Morgan fingerprint density at radius 3 is 2.65 bits per heavy atom. The monoisotopic (exact) mass is 357 g/mol. The molecule has 0 N–H and O–H groups in total. The Bertz CT molecular complexity index is 770. The molecule has 4 heterocycles. The van der Waals surface area contributed by atoms with Gasteiger partial charge in [0.15, 0.2) is 0 Å². The minimum atomic E-state index is -0.0635. The summed E-state index contributed by atoms with van der Waals surface area (Å²) in [6.45, 7) is 2.69. The van der Waals surface area contributed by atoms with E-state index in [1.54, 1.807) is 31.4 Å².